The number of pyridine rings is 1. The highest BCUT2D eigenvalue weighted by Crippen LogP contribution is 2.32. The van der Waals surface area contributed by atoms with E-state index >= 15 is 0 Å². The zero-order valence-corrected chi connectivity index (χ0v) is 11.5. The number of aryl methyl sites for hydroxylation is 2. The third-order valence-electron chi connectivity index (χ3n) is 4.00. The molecule has 1 aliphatic heterocycles. The summed E-state index contributed by atoms with van der Waals surface area (Å²) in [5.41, 5.74) is 4.21. The molecule has 1 aliphatic rings. The summed E-state index contributed by atoms with van der Waals surface area (Å²) in [6, 6.07) is 13.0. The Kier molecular flexibility index (Phi) is 3.49. The van der Waals surface area contributed by atoms with Crippen LogP contribution in [0.3, 0.4) is 0 Å². The molecule has 0 aliphatic carbocycles. The maximum Gasteiger partial charge on any atom is 0.171 e. The monoisotopic (exact) mass is 253 g/mol. The van der Waals surface area contributed by atoms with Crippen molar-refractivity contribution >= 4 is 5.69 Å². The maximum atomic E-state index is 3.50. The van der Waals surface area contributed by atoms with Crippen LogP contribution in [0, 0.1) is 0 Å². The van der Waals surface area contributed by atoms with Crippen LogP contribution in [0.1, 0.15) is 30.4 Å². The SMILES string of the molecule is CCc1ccc[n+](CCC2CNc3ccccc32)c1. The lowest BCUT2D eigenvalue weighted by molar-refractivity contribution is -0.698. The Morgan fingerprint density at radius 2 is 2.11 bits per heavy atom. The summed E-state index contributed by atoms with van der Waals surface area (Å²) in [6.45, 7) is 4.37. The Morgan fingerprint density at radius 1 is 1.21 bits per heavy atom. The molecule has 0 amide bonds. The van der Waals surface area contributed by atoms with Gasteiger partial charge in [0.05, 0.1) is 0 Å². The highest BCUT2D eigenvalue weighted by molar-refractivity contribution is 5.57. The van der Waals surface area contributed by atoms with Gasteiger partial charge in [-0.1, -0.05) is 25.1 Å². The number of fused-ring (bicyclic) bond motifs is 1. The normalized spacial score (nSPS) is 17.0. The van der Waals surface area contributed by atoms with E-state index in [2.05, 4.69) is 65.6 Å². The number of hydrogen-bond acceptors (Lipinski definition) is 1. The van der Waals surface area contributed by atoms with Crippen molar-refractivity contribution in [1.82, 2.24) is 0 Å². The van der Waals surface area contributed by atoms with Crippen LogP contribution in [-0.4, -0.2) is 6.54 Å². The smallest absolute Gasteiger partial charge is 0.171 e. The van der Waals surface area contributed by atoms with Gasteiger partial charge in [-0.05, 0) is 24.1 Å². The number of benzene rings is 1. The van der Waals surface area contributed by atoms with Gasteiger partial charge in [0.25, 0.3) is 0 Å². The first kappa shape index (κ1) is 12.2. The molecule has 2 nitrogen and oxygen atoms in total. The van der Waals surface area contributed by atoms with Gasteiger partial charge in [0, 0.05) is 36.2 Å². The highest BCUT2D eigenvalue weighted by Gasteiger charge is 2.22. The van der Waals surface area contributed by atoms with Gasteiger partial charge in [0.2, 0.25) is 0 Å². The van der Waals surface area contributed by atoms with Gasteiger partial charge in [0.1, 0.15) is 6.54 Å². The van der Waals surface area contributed by atoms with Crippen molar-refractivity contribution in [1.29, 1.82) is 0 Å². The van der Waals surface area contributed by atoms with Crippen LogP contribution in [0.5, 0.6) is 0 Å². The topological polar surface area (TPSA) is 15.9 Å². The fourth-order valence-electron chi connectivity index (χ4n) is 2.84. The lowest BCUT2D eigenvalue weighted by atomic mass is 9.98. The molecule has 1 N–H and O–H groups in total. The zero-order valence-electron chi connectivity index (χ0n) is 11.5. The average molecular weight is 253 g/mol. The molecule has 0 saturated heterocycles. The van der Waals surface area contributed by atoms with Crippen molar-refractivity contribution in [2.45, 2.75) is 32.2 Å². The fraction of sp³-hybridized carbons (Fsp3) is 0.353. The second kappa shape index (κ2) is 5.43. The Balaban J connectivity index is 1.67. The Hall–Kier alpha value is -1.83. The molecule has 19 heavy (non-hydrogen) atoms. The van der Waals surface area contributed by atoms with E-state index in [0.717, 1.165) is 19.5 Å². The summed E-state index contributed by atoms with van der Waals surface area (Å²) in [7, 11) is 0. The minimum atomic E-state index is 0.647. The number of nitrogens with zero attached hydrogens (tertiary/aromatic N) is 1. The van der Waals surface area contributed by atoms with Crippen LogP contribution in [0.25, 0.3) is 0 Å². The van der Waals surface area contributed by atoms with E-state index < -0.39 is 0 Å². The second-order valence-corrected chi connectivity index (χ2v) is 5.26. The number of nitrogens with one attached hydrogen (secondary N) is 1. The third kappa shape index (κ3) is 2.62. The molecule has 0 radical (unpaired) electrons. The van der Waals surface area contributed by atoms with Gasteiger partial charge in [-0.3, -0.25) is 0 Å². The van der Waals surface area contributed by atoms with Gasteiger partial charge < -0.3 is 5.32 Å². The van der Waals surface area contributed by atoms with Crippen molar-refractivity contribution in [3.8, 4) is 0 Å². The van der Waals surface area contributed by atoms with E-state index in [4.69, 9.17) is 0 Å². The summed E-state index contributed by atoms with van der Waals surface area (Å²) < 4.78 is 2.32. The summed E-state index contributed by atoms with van der Waals surface area (Å²) in [5.74, 6) is 0.647. The summed E-state index contributed by atoms with van der Waals surface area (Å²) >= 11 is 0. The first-order chi connectivity index (χ1) is 9.36. The van der Waals surface area contributed by atoms with E-state index in [1.54, 1.807) is 0 Å². The molecule has 2 heterocycles. The first-order valence-corrected chi connectivity index (χ1v) is 7.17. The molecule has 2 heteroatoms. The largest absolute Gasteiger partial charge is 0.384 e. The number of para-hydroxylation sites is 1. The van der Waals surface area contributed by atoms with Crippen LogP contribution in [0.4, 0.5) is 5.69 Å². The van der Waals surface area contributed by atoms with Crippen molar-refractivity contribution in [3.05, 3.63) is 59.9 Å². The zero-order chi connectivity index (χ0) is 13.1. The molecule has 1 atom stereocenters. The molecule has 0 bridgehead atoms. The molecule has 98 valence electrons. The lowest BCUT2D eigenvalue weighted by Crippen LogP contribution is -2.34. The van der Waals surface area contributed by atoms with E-state index in [-0.39, 0.29) is 0 Å². The third-order valence-corrected chi connectivity index (χ3v) is 4.00. The predicted octanol–water partition coefficient (Wildman–Crippen LogP) is 3.14. The van der Waals surface area contributed by atoms with Crippen LogP contribution in [0.15, 0.2) is 48.8 Å². The standard InChI is InChI=1S/C17H21N2/c1-2-14-6-5-10-19(13-14)11-9-15-12-18-17-8-4-3-7-16(15)17/h3-8,10,13,15,18H,2,9,11-12H2,1H3/q+1. The quantitative estimate of drug-likeness (QED) is 0.828. The van der Waals surface area contributed by atoms with Crippen molar-refractivity contribution < 1.29 is 4.57 Å². The number of anilines is 1. The maximum absolute atomic E-state index is 3.50. The van der Waals surface area contributed by atoms with Crippen LogP contribution < -0.4 is 9.88 Å². The molecule has 0 spiro atoms. The van der Waals surface area contributed by atoms with Gasteiger partial charge in [-0.2, -0.15) is 0 Å². The molecule has 3 rings (SSSR count). The van der Waals surface area contributed by atoms with Crippen molar-refractivity contribution in [3.63, 3.8) is 0 Å². The minimum Gasteiger partial charge on any atom is -0.384 e. The second-order valence-electron chi connectivity index (χ2n) is 5.26. The van der Waals surface area contributed by atoms with Crippen molar-refractivity contribution in [2.24, 2.45) is 0 Å². The molecule has 0 fully saturated rings. The van der Waals surface area contributed by atoms with Gasteiger partial charge in [-0.25, -0.2) is 4.57 Å². The molecular formula is C17H21N2+. The molecule has 1 unspecified atom stereocenters. The van der Waals surface area contributed by atoms with Crippen molar-refractivity contribution in [2.75, 3.05) is 11.9 Å². The Morgan fingerprint density at radius 3 is 3.00 bits per heavy atom. The van der Waals surface area contributed by atoms with Gasteiger partial charge >= 0.3 is 0 Å². The number of rotatable bonds is 4. The van der Waals surface area contributed by atoms with E-state index in [9.17, 15) is 0 Å². The van der Waals surface area contributed by atoms with Gasteiger partial charge in [0.15, 0.2) is 12.4 Å². The Labute approximate surface area is 115 Å². The fourth-order valence-corrected chi connectivity index (χ4v) is 2.84. The van der Waals surface area contributed by atoms with E-state index in [1.807, 2.05) is 0 Å². The molecule has 0 saturated carbocycles. The Bertz CT molecular complexity index is 563. The van der Waals surface area contributed by atoms with Crippen LogP contribution in [0.2, 0.25) is 0 Å². The summed E-state index contributed by atoms with van der Waals surface area (Å²) in [5, 5.41) is 3.50. The molecule has 1 aromatic heterocycles. The summed E-state index contributed by atoms with van der Waals surface area (Å²) in [6.07, 6.45) is 6.75. The highest BCUT2D eigenvalue weighted by atomic mass is 14.9. The minimum absolute atomic E-state index is 0.647. The molecule has 1 aromatic carbocycles. The van der Waals surface area contributed by atoms with Crippen LogP contribution >= 0.6 is 0 Å². The van der Waals surface area contributed by atoms with E-state index in [1.165, 1.54) is 23.2 Å². The van der Waals surface area contributed by atoms with Gasteiger partial charge in [-0.15, -0.1) is 0 Å². The van der Waals surface area contributed by atoms with Crippen LogP contribution in [-0.2, 0) is 13.0 Å². The first-order valence-electron chi connectivity index (χ1n) is 7.17. The lowest BCUT2D eigenvalue weighted by Gasteiger charge is -2.07. The van der Waals surface area contributed by atoms with E-state index in [0.29, 0.717) is 5.92 Å². The molecular weight excluding hydrogens is 232 g/mol. The number of hydrogen-bond donors (Lipinski definition) is 1. The average Bonchev–Trinajstić information content (AvgIpc) is 2.89. The summed E-state index contributed by atoms with van der Waals surface area (Å²) in [4.78, 5) is 0. The predicted molar refractivity (Wildman–Crippen MR) is 78.3 cm³/mol. The molecule has 2 aromatic rings. The number of aromatic nitrogens is 1.